The summed E-state index contributed by atoms with van der Waals surface area (Å²) >= 11 is 0. The molecule has 6 heteroatoms. The minimum atomic E-state index is 0.250. The van der Waals surface area contributed by atoms with Gasteiger partial charge < -0.3 is 15.1 Å². The third-order valence-corrected chi connectivity index (χ3v) is 5.30. The Morgan fingerprint density at radius 1 is 1.00 bits per heavy atom. The lowest BCUT2D eigenvalue weighted by atomic mass is 10.2. The molecule has 2 heterocycles. The Bertz CT molecular complexity index is 604. The molecule has 1 N–H and O–H groups in total. The van der Waals surface area contributed by atoms with E-state index in [9.17, 15) is 4.79 Å². The van der Waals surface area contributed by atoms with Gasteiger partial charge in [-0.1, -0.05) is 30.3 Å². The van der Waals surface area contributed by atoms with Crippen LogP contribution in [0.15, 0.2) is 35.3 Å². The summed E-state index contributed by atoms with van der Waals surface area (Å²) in [7, 11) is 0. The van der Waals surface area contributed by atoms with Crippen LogP contribution in [-0.2, 0) is 11.3 Å². The van der Waals surface area contributed by atoms with Crippen LogP contribution in [0.2, 0.25) is 0 Å². The number of nitrogens with one attached hydrogen (secondary N) is 1. The average molecular weight is 372 g/mol. The van der Waals surface area contributed by atoms with E-state index in [0.29, 0.717) is 13.0 Å². The Labute approximate surface area is 163 Å². The number of aliphatic imine (C=N–C) groups is 1. The molecule has 0 bridgehead atoms. The SMILES string of the molecule is CCNC(=NCCC(=O)N1CCCC1)N1CCN(Cc2ccccc2)CC1. The van der Waals surface area contributed by atoms with Gasteiger partial charge in [-0.25, -0.2) is 0 Å². The summed E-state index contributed by atoms with van der Waals surface area (Å²) in [5.74, 6) is 1.20. The topological polar surface area (TPSA) is 51.2 Å². The van der Waals surface area contributed by atoms with Crippen molar-refractivity contribution in [3.8, 4) is 0 Å². The third kappa shape index (κ3) is 5.96. The van der Waals surface area contributed by atoms with Crippen LogP contribution in [0.1, 0.15) is 31.7 Å². The number of hydrogen-bond donors (Lipinski definition) is 1. The Kier molecular flexibility index (Phi) is 7.51. The third-order valence-electron chi connectivity index (χ3n) is 5.30. The van der Waals surface area contributed by atoms with Crippen LogP contribution < -0.4 is 5.32 Å². The minimum absolute atomic E-state index is 0.250. The summed E-state index contributed by atoms with van der Waals surface area (Å²) in [5.41, 5.74) is 1.37. The molecule has 0 radical (unpaired) electrons. The van der Waals surface area contributed by atoms with Gasteiger partial charge in [-0.3, -0.25) is 14.7 Å². The highest BCUT2D eigenvalue weighted by molar-refractivity contribution is 5.81. The van der Waals surface area contributed by atoms with E-state index >= 15 is 0 Å². The zero-order valence-electron chi connectivity index (χ0n) is 16.6. The van der Waals surface area contributed by atoms with E-state index in [2.05, 4.69) is 52.4 Å². The van der Waals surface area contributed by atoms with E-state index in [1.807, 2.05) is 4.90 Å². The molecule has 0 aliphatic carbocycles. The number of guanidine groups is 1. The number of carbonyl (C=O) groups is 1. The highest BCUT2D eigenvalue weighted by Crippen LogP contribution is 2.10. The van der Waals surface area contributed by atoms with Gasteiger partial charge in [0.15, 0.2) is 5.96 Å². The maximum atomic E-state index is 12.2. The van der Waals surface area contributed by atoms with Crippen molar-refractivity contribution in [1.82, 2.24) is 20.0 Å². The van der Waals surface area contributed by atoms with Crippen molar-refractivity contribution in [2.45, 2.75) is 32.7 Å². The zero-order valence-corrected chi connectivity index (χ0v) is 16.6. The molecule has 3 rings (SSSR count). The summed E-state index contributed by atoms with van der Waals surface area (Å²) in [4.78, 5) is 23.7. The van der Waals surface area contributed by atoms with Crippen molar-refractivity contribution >= 4 is 11.9 Å². The van der Waals surface area contributed by atoms with E-state index in [1.165, 1.54) is 5.56 Å². The summed E-state index contributed by atoms with van der Waals surface area (Å²) in [6.45, 7) is 10.4. The lowest BCUT2D eigenvalue weighted by Gasteiger charge is -2.36. The van der Waals surface area contributed by atoms with E-state index in [4.69, 9.17) is 4.99 Å². The molecule has 0 saturated carbocycles. The molecule has 0 aromatic heterocycles. The summed E-state index contributed by atoms with van der Waals surface area (Å²) in [5, 5.41) is 3.39. The number of benzene rings is 1. The number of carbonyl (C=O) groups excluding carboxylic acids is 1. The van der Waals surface area contributed by atoms with Gasteiger partial charge >= 0.3 is 0 Å². The van der Waals surface area contributed by atoms with Crippen LogP contribution in [0.3, 0.4) is 0 Å². The summed E-state index contributed by atoms with van der Waals surface area (Å²) < 4.78 is 0. The van der Waals surface area contributed by atoms with Crippen molar-refractivity contribution in [2.24, 2.45) is 4.99 Å². The second kappa shape index (κ2) is 10.3. The second-order valence-corrected chi connectivity index (χ2v) is 7.32. The fourth-order valence-corrected chi connectivity index (χ4v) is 3.77. The van der Waals surface area contributed by atoms with E-state index < -0.39 is 0 Å². The molecule has 2 aliphatic rings. The van der Waals surface area contributed by atoms with Gasteiger partial charge in [0.05, 0.1) is 6.54 Å². The van der Waals surface area contributed by atoms with Crippen LogP contribution in [0, 0.1) is 0 Å². The van der Waals surface area contributed by atoms with Crippen molar-refractivity contribution < 1.29 is 4.79 Å². The van der Waals surface area contributed by atoms with Crippen LogP contribution in [0.4, 0.5) is 0 Å². The van der Waals surface area contributed by atoms with Gasteiger partial charge in [0, 0.05) is 58.8 Å². The van der Waals surface area contributed by atoms with Gasteiger partial charge in [-0.2, -0.15) is 0 Å². The number of likely N-dealkylation sites (tertiary alicyclic amines) is 1. The molecule has 2 aliphatic heterocycles. The molecule has 0 spiro atoms. The Morgan fingerprint density at radius 3 is 2.37 bits per heavy atom. The first-order chi connectivity index (χ1) is 13.3. The first-order valence-corrected chi connectivity index (χ1v) is 10.3. The Hall–Kier alpha value is -2.08. The molecular formula is C21H33N5O. The van der Waals surface area contributed by atoms with Crippen LogP contribution >= 0.6 is 0 Å². The van der Waals surface area contributed by atoms with Crippen LogP contribution in [0.25, 0.3) is 0 Å². The molecule has 0 atom stereocenters. The lowest BCUT2D eigenvalue weighted by Crippen LogP contribution is -2.52. The standard InChI is InChI=1S/C21H33N5O/c1-2-22-21(23-11-10-20(27)25-12-6-7-13-25)26-16-14-24(15-17-26)18-19-8-4-3-5-9-19/h3-5,8-9H,2,6-7,10-18H2,1H3,(H,22,23). The molecule has 1 aromatic carbocycles. The number of piperazine rings is 1. The van der Waals surface area contributed by atoms with Crippen molar-refractivity contribution in [2.75, 3.05) is 52.4 Å². The van der Waals surface area contributed by atoms with Gasteiger partial charge in [0.25, 0.3) is 0 Å². The molecular weight excluding hydrogens is 338 g/mol. The first kappa shape index (κ1) is 19.7. The van der Waals surface area contributed by atoms with Crippen molar-refractivity contribution in [1.29, 1.82) is 0 Å². The zero-order chi connectivity index (χ0) is 18.9. The predicted octanol–water partition coefficient (Wildman–Crippen LogP) is 1.78. The molecule has 6 nitrogen and oxygen atoms in total. The highest BCUT2D eigenvalue weighted by atomic mass is 16.2. The summed E-state index contributed by atoms with van der Waals surface area (Å²) in [6, 6.07) is 10.6. The Balaban J connectivity index is 1.46. The maximum Gasteiger partial charge on any atom is 0.224 e. The molecule has 0 unspecified atom stereocenters. The quantitative estimate of drug-likeness (QED) is 0.612. The normalized spacial score (nSPS) is 18.8. The fourth-order valence-electron chi connectivity index (χ4n) is 3.77. The predicted molar refractivity (Wildman–Crippen MR) is 110 cm³/mol. The molecule has 2 fully saturated rings. The van der Waals surface area contributed by atoms with Crippen molar-refractivity contribution in [3.05, 3.63) is 35.9 Å². The van der Waals surface area contributed by atoms with Gasteiger partial charge in [0.1, 0.15) is 0 Å². The fraction of sp³-hybridized carbons (Fsp3) is 0.619. The van der Waals surface area contributed by atoms with E-state index in [-0.39, 0.29) is 5.91 Å². The molecule has 27 heavy (non-hydrogen) atoms. The van der Waals surface area contributed by atoms with E-state index in [0.717, 1.165) is 71.2 Å². The average Bonchev–Trinajstić information content (AvgIpc) is 3.24. The highest BCUT2D eigenvalue weighted by Gasteiger charge is 2.20. The number of rotatable bonds is 6. The first-order valence-electron chi connectivity index (χ1n) is 10.3. The molecule has 148 valence electrons. The largest absolute Gasteiger partial charge is 0.357 e. The molecule has 2 saturated heterocycles. The number of nitrogens with zero attached hydrogens (tertiary/aromatic N) is 4. The minimum Gasteiger partial charge on any atom is -0.357 e. The van der Waals surface area contributed by atoms with Gasteiger partial charge in [-0.15, -0.1) is 0 Å². The lowest BCUT2D eigenvalue weighted by molar-refractivity contribution is -0.129. The molecule has 1 aromatic rings. The van der Waals surface area contributed by atoms with Crippen LogP contribution in [0.5, 0.6) is 0 Å². The molecule has 1 amide bonds. The number of hydrogen-bond acceptors (Lipinski definition) is 3. The number of amides is 1. The maximum absolute atomic E-state index is 12.2. The van der Waals surface area contributed by atoms with Crippen molar-refractivity contribution in [3.63, 3.8) is 0 Å². The van der Waals surface area contributed by atoms with E-state index in [1.54, 1.807) is 0 Å². The second-order valence-electron chi connectivity index (χ2n) is 7.32. The van der Waals surface area contributed by atoms with Crippen LogP contribution in [-0.4, -0.2) is 78.9 Å². The monoisotopic (exact) mass is 371 g/mol. The van der Waals surface area contributed by atoms with Gasteiger partial charge in [0.2, 0.25) is 5.91 Å². The van der Waals surface area contributed by atoms with Gasteiger partial charge in [-0.05, 0) is 25.3 Å². The smallest absolute Gasteiger partial charge is 0.224 e. The summed E-state index contributed by atoms with van der Waals surface area (Å²) in [6.07, 6.45) is 2.80. The Morgan fingerprint density at radius 2 is 1.70 bits per heavy atom.